The molecule has 3 rings (SSSR count). The highest BCUT2D eigenvalue weighted by molar-refractivity contribution is 7.92. The standard InChI is InChI=1S/C20H21ClN2O4S/c1-13(12-27-14(2)24)23-11-17(15-7-9-16(21)10-8-15)20-18(22-28(3,25)26)5-4-6-19(20)23/h4-11,13,22H,12H2,1-3H3. The summed E-state index contributed by atoms with van der Waals surface area (Å²) in [5.41, 5.74) is 3.07. The second kappa shape index (κ2) is 7.85. The number of rotatable bonds is 6. The second-order valence-corrected chi connectivity index (χ2v) is 8.87. The van der Waals surface area contributed by atoms with Gasteiger partial charge in [0.2, 0.25) is 10.0 Å². The van der Waals surface area contributed by atoms with Gasteiger partial charge in [-0.2, -0.15) is 0 Å². The number of benzene rings is 2. The first-order valence-electron chi connectivity index (χ1n) is 8.66. The normalized spacial score (nSPS) is 12.7. The van der Waals surface area contributed by atoms with Crippen molar-refractivity contribution in [3.63, 3.8) is 0 Å². The molecule has 1 atom stereocenters. The van der Waals surface area contributed by atoms with E-state index in [2.05, 4.69) is 4.72 Å². The number of ether oxygens (including phenoxy) is 1. The third-order valence-corrected chi connectivity index (χ3v) is 5.15. The van der Waals surface area contributed by atoms with Gasteiger partial charge in [0.15, 0.2) is 0 Å². The van der Waals surface area contributed by atoms with E-state index in [1.54, 1.807) is 24.3 Å². The molecule has 6 nitrogen and oxygen atoms in total. The number of anilines is 1. The molecule has 0 saturated carbocycles. The molecule has 3 aromatic rings. The fourth-order valence-electron chi connectivity index (χ4n) is 3.13. The minimum atomic E-state index is -3.46. The quantitative estimate of drug-likeness (QED) is 0.597. The van der Waals surface area contributed by atoms with Crippen LogP contribution in [0.1, 0.15) is 19.9 Å². The van der Waals surface area contributed by atoms with E-state index in [1.807, 2.05) is 35.9 Å². The van der Waals surface area contributed by atoms with Crippen LogP contribution >= 0.6 is 11.6 Å². The predicted octanol–water partition coefficient (Wildman–Crippen LogP) is 4.46. The fourth-order valence-corrected chi connectivity index (χ4v) is 3.82. The molecular formula is C20H21ClN2O4S. The SMILES string of the molecule is CC(=O)OCC(C)n1cc(-c2ccc(Cl)cc2)c2c(NS(C)(=O)=O)cccc21. The van der Waals surface area contributed by atoms with Gasteiger partial charge in [-0.3, -0.25) is 9.52 Å². The zero-order valence-electron chi connectivity index (χ0n) is 15.8. The fraction of sp³-hybridized carbons (Fsp3) is 0.250. The monoisotopic (exact) mass is 420 g/mol. The summed E-state index contributed by atoms with van der Waals surface area (Å²) in [6.45, 7) is 3.52. The summed E-state index contributed by atoms with van der Waals surface area (Å²) < 4.78 is 33.5. The highest BCUT2D eigenvalue weighted by Crippen LogP contribution is 2.38. The first-order valence-corrected chi connectivity index (χ1v) is 10.9. The maximum Gasteiger partial charge on any atom is 0.302 e. The number of nitrogens with zero attached hydrogens (tertiary/aromatic N) is 1. The molecule has 0 spiro atoms. The Bertz CT molecular complexity index is 1120. The number of esters is 1. The van der Waals surface area contributed by atoms with Crippen LogP contribution in [0.15, 0.2) is 48.7 Å². The third kappa shape index (κ3) is 4.48. The van der Waals surface area contributed by atoms with Gasteiger partial charge in [-0.25, -0.2) is 8.42 Å². The summed E-state index contributed by atoms with van der Waals surface area (Å²) in [4.78, 5) is 11.2. The minimum Gasteiger partial charge on any atom is -0.464 e. The maximum absolute atomic E-state index is 11.9. The highest BCUT2D eigenvalue weighted by atomic mass is 35.5. The molecule has 0 fully saturated rings. The molecule has 0 aliphatic rings. The lowest BCUT2D eigenvalue weighted by Crippen LogP contribution is -2.13. The van der Waals surface area contributed by atoms with E-state index in [9.17, 15) is 13.2 Å². The van der Waals surface area contributed by atoms with Crippen molar-refractivity contribution in [2.45, 2.75) is 19.9 Å². The van der Waals surface area contributed by atoms with Crippen LogP contribution in [0.25, 0.3) is 22.0 Å². The summed E-state index contributed by atoms with van der Waals surface area (Å²) in [7, 11) is -3.46. The van der Waals surface area contributed by atoms with Crippen LogP contribution in [-0.4, -0.2) is 31.8 Å². The molecule has 2 aromatic carbocycles. The summed E-state index contributed by atoms with van der Waals surface area (Å²) in [5, 5.41) is 1.38. The Balaban J connectivity index is 2.21. The maximum atomic E-state index is 11.9. The van der Waals surface area contributed by atoms with Gasteiger partial charge in [0.1, 0.15) is 6.61 Å². The number of carbonyl (C=O) groups is 1. The Hall–Kier alpha value is -2.51. The van der Waals surface area contributed by atoms with Crippen molar-refractivity contribution in [2.75, 3.05) is 17.6 Å². The van der Waals surface area contributed by atoms with Crippen molar-refractivity contribution in [1.29, 1.82) is 0 Å². The lowest BCUT2D eigenvalue weighted by Gasteiger charge is -2.15. The average Bonchev–Trinajstić information content (AvgIpc) is 3.00. The average molecular weight is 421 g/mol. The Morgan fingerprint density at radius 1 is 1.21 bits per heavy atom. The lowest BCUT2D eigenvalue weighted by atomic mass is 10.0. The molecule has 0 radical (unpaired) electrons. The van der Waals surface area contributed by atoms with E-state index in [0.717, 1.165) is 28.3 Å². The summed E-state index contributed by atoms with van der Waals surface area (Å²) in [6, 6.07) is 12.6. The molecule has 1 aromatic heterocycles. The van der Waals surface area contributed by atoms with Crippen LogP contribution in [-0.2, 0) is 19.6 Å². The van der Waals surface area contributed by atoms with Gasteiger partial charge in [0.05, 0.1) is 23.5 Å². The first kappa shape index (κ1) is 20.2. The number of carbonyl (C=O) groups excluding carboxylic acids is 1. The zero-order valence-corrected chi connectivity index (χ0v) is 17.3. The molecule has 0 aliphatic carbocycles. The smallest absolute Gasteiger partial charge is 0.302 e. The van der Waals surface area contributed by atoms with Crippen LogP contribution in [0.4, 0.5) is 5.69 Å². The molecule has 1 N–H and O–H groups in total. The number of fused-ring (bicyclic) bond motifs is 1. The van der Waals surface area contributed by atoms with Crippen molar-refractivity contribution in [1.82, 2.24) is 4.57 Å². The van der Waals surface area contributed by atoms with Gasteiger partial charge < -0.3 is 9.30 Å². The third-order valence-electron chi connectivity index (χ3n) is 4.31. The van der Waals surface area contributed by atoms with E-state index in [-0.39, 0.29) is 18.6 Å². The van der Waals surface area contributed by atoms with Crippen LogP contribution in [0, 0.1) is 0 Å². The number of hydrogen-bond acceptors (Lipinski definition) is 4. The van der Waals surface area contributed by atoms with Crippen molar-refractivity contribution < 1.29 is 17.9 Å². The van der Waals surface area contributed by atoms with Crippen LogP contribution in [0.2, 0.25) is 5.02 Å². The molecular weight excluding hydrogens is 400 g/mol. The van der Waals surface area contributed by atoms with Gasteiger partial charge in [0, 0.05) is 29.1 Å². The Labute approximate surface area is 169 Å². The molecule has 1 unspecified atom stereocenters. The van der Waals surface area contributed by atoms with E-state index in [1.165, 1.54) is 6.92 Å². The van der Waals surface area contributed by atoms with E-state index >= 15 is 0 Å². The largest absolute Gasteiger partial charge is 0.464 e. The number of hydrogen-bond donors (Lipinski definition) is 1. The predicted molar refractivity (Wildman–Crippen MR) is 112 cm³/mol. The Kier molecular flexibility index (Phi) is 5.67. The molecule has 148 valence electrons. The van der Waals surface area contributed by atoms with Crippen LogP contribution < -0.4 is 4.72 Å². The second-order valence-electron chi connectivity index (χ2n) is 6.68. The number of nitrogens with one attached hydrogen (secondary N) is 1. The Morgan fingerprint density at radius 3 is 2.50 bits per heavy atom. The lowest BCUT2D eigenvalue weighted by molar-refractivity contribution is -0.141. The van der Waals surface area contributed by atoms with Crippen molar-refractivity contribution >= 4 is 44.2 Å². The van der Waals surface area contributed by atoms with E-state index in [4.69, 9.17) is 16.3 Å². The molecule has 28 heavy (non-hydrogen) atoms. The molecule has 1 heterocycles. The van der Waals surface area contributed by atoms with E-state index < -0.39 is 10.0 Å². The Morgan fingerprint density at radius 2 is 1.89 bits per heavy atom. The van der Waals surface area contributed by atoms with Gasteiger partial charge in [-0.1, -0.05) is 29.8 Å². The summed E-state index contributed by atoms with van der Waals surface area (Å²) in [6.07, 6.45) is 3.06. The molecule has 0 aliphatic heterocycles. The summed E-state index contributed by atoms with van der Waals surface area (Å²) in [5.74, 6) is -0.347. The topological polar surface area (TPSA) is 77.4 Å². The van der Waals surface area contributed by atoms with Gasteiger partial charge in [-0.05, 0) is 36.8 Å². The van der Waals surface area contributed by atoms with Crippen LogP contribution in [0.3, 0.4) is 0 Å². The van der Waals surface area contributed by atoms with Gasteiger partial charge >= 0.3 is 5.97 Å². The molecule has 0 saturated heterocycles. The number of aromatic nitrogens is 1. The minimum absolute atomic E-state index is 0.138. The molecule has 0 amide bonds. The summed E-state index contributed by atoms with van der Waals surface area (Å²) >= 11 is 6.02. The number of sulfonamides is 1. The van der Waals surface area contributed by atoms with Crippen molar-refractivity contribution in [3.05, 3.63) is 53.7 Å². The van der Waals surface area contributed by atoms with Gasteiger partial charge in [-0.15, -0.1) is 0 Å². The van der Waals surface area contributed by atoms with E-state index in [0.29, 0.717) is 10.7 Å². The van der Waals surface area contributed by atoms with Crippen molar-refractivity contribution in [3.8, 4) is 11.1 Å². The zero-order chi connectivity index (χ0) is 20.5. The van der Waals surface area contributed by atoms with Crippen LogP contribution in [0.5, 0.6) is 0 Å². The van der Waals surface area contributed by atoms with Crippen molar-refractivity contribution in [2.24, 2.45) is 0 Å². The van der Waals surface area contributed by atoms with Gasteiger partial charge in [0.25, 0.3) is 0 Å². The first-order chi connectivity index (χ1) is 13.2. The molecule has 0 bridgehead atoms. The highest BCUT2D eigenvalue weighted by Gasteiger charge is 2.19. The number of halogens is 1. The molecule has 8 heteroatoms.